The molecule has 138 valence electrons. The molecule has 1 saturated heterocycles. The van der Waals surface area contributed by atoms with Gasteiger partial charge in [-0.15, -0.1) is 12.4 Å². The van der Waals surface area contributed by atoms with Crippen LogP contribution < -0.4 is 4.72 Å². The second-order valence-corrected chi connectivity index (χ2v) is 8.01. The van der Waals surface area contributed by atoms with Crippen molar-refractivity contribution in [3.8, 4) is 6.07 Å². The van der Waals surface area contributed by atoms with E-state index >= 15 is 0 Å². The van der Waals surface area contributed by atoms with E-state index in [1.54, 1.807) is 0 Å². The molecule has 1 aliphatic rings. The number of piperidine rings is 1. The molecule has 0 atom stereocenters. The minimum atomic E-state index is -3.54. The molecule has 0 bridgehead atoms. The minimum Gasteiger partial charge on any atom is -0.299 e. The number of hydrogen-bond donors (Lipinski definition) is 1. The fourth-order valence-corrected chi connectivity index (χ4v) is 4.35. The lowest BCUT2D eigenvalue weighted by Crippen LogP contribution is -2.44. The molecule has 0 aliphatic carbocycles. The normalized spacial score (nSPS) is 15.8. The van der Waals surface area contributed by atoms with E-state index in [2.05, 4.69) is 21.8 Å². The van der Waals surface area contributed by atoms with Crippen LogP contribution in [-0.2, 0) is 16.6 Å². The fraction of sp³-hybridized carbons (Fsp3) is 0.316. The fourth-order valence-electron chi connectivity index (χ4n) is 3.05. The zero-order chi connectivity index (χ0) is 17.7. The first-order valence-electron chi connectivity index (χ1n) is 8.35. The van der Waals surface area contributed by atoms with Crippen molar-refractivity contribution < 1.29 is 8.42 Å². The Labute approximate surface area is 161 Å². The molecular formula is C19H22ClN3O2S. The molecule has 26 heavy (non-hydrogen) atoms. The average molecular weight is 392 g/mol. The lowest BCUT2D eigenvalue weighted by atomic mass is 10.1. The molecule has 2 aromatic rings. The number of nitrogens with zero attached hydrogens (tertiary/aromatic N) is 2. The SMILES string of the molecule is Cl.N#Cc1ccc(S(=O)(=O)NC2CCN(Cc3ccccc3)CC2)cc1. The summed E-state index contributed by atoms with van der Waals surface area (Å²) in [6, 6.07) is 18.2. The van der Waals surface area contributed by atoms with Crippen LogP contribution in [0.2, 0.25) is 0 Å². The highest BCUT2D eigenvalue weighted by Gasteiger charge is 2.24. The van der Waals surface area contributed by atoms with Crippen LogP contribution in [0.3, 0.4) is 0 Å². The van der Waals surface area contributed by atoms with Gasteiger partial charge in [0, 0.05) is 25.7 Å². The van der Waals surface area contributed by atoms with E-state index in [0.717, 1.165) is 32.5 Å². The first-order chi connectivity index (χ1) is 12.1. The number of nitriles is 1. The standard InChI is InChI=1S/C19H21N3O2S.ClH/c20-14-16-6-8-19(9-7-16)25(23,24)21-18-10-12-22(13-11-18)15-17-4-2-1-3-5-17;/h1-9,18,21H,10-13,15H2;1H. The summed E-state index contributed by atoms with van der Waals surface area (Å²) in [5.74, 6) is 0. The van der Waals surface area contributed by atoms with E-state index < -0.39 is 10.0 Å². The number of benzene rings is 2. The number of rotatable bonds is 5. The Morgan fingerprint density at radius 1 is 1.04 bits per heavy atom. The van der Waals surface area contributed by atoms with Gasteiger partial charge in [-0.2, -0.15) is 5.26 Å². The minimum absolute atomic E-state index is 0. The van der Waals surface area contributed by atoms with Crippen molar-refractivity contribution in [1.82, 2.24) is 9.62 Å². The first-order valence-corrected chi connectivity index (χ1v) is 9.84. The van der Waals surface area contributed by atoms with Crippen molar-refractivity contribution in [1.29, 1.82) is 5.26 Å². The van der Waals surface area contributed by atoms with Gasteiger partial charge in [0.25, 0.3) is 0 Å². The molecular weight excluding hydrogens is 370 g/mol. The molecule has 1 N–H and O–H groups in total. The van der Waals surface area contributed by atoms with Crippen LogP contribution in [0.5, 0.6) is 0 Å². The van der Waals surface area contributed by atoms with Gasteiger partial charge < -0.3 is 0 Å². The number of sulfonamides is 1. The molecule has 0 amide bonds. The topological polar surface area (TPSA) is 73.2 Å². The molecule has 5 nitrogen and oxygen atoms in total. The van der Waals surface area contributed by atoms with E-state index in [0.29, 0.717) is 5.56 Å². The van der Waals surface area contributed by atoms with Gasteiger partial charge in [-0.05, 0) is 42.7 Å². The van der Waals surface area contributed by atoms with E-state index in [1.807, 2.05) is 24.3 Å². The Balaban J connectivity index is 0.00000243. The molecule has 7 heteroatoms. The monoisotopic (exact) mass is 391 g/mol. The summed E-state index contributed by atoms with van der Waals surface area (Å²) in [7, 11) is -3.54. The highest BCUT2D eigenvalue weighted by Crippen LogP contribution is 2.17. The van der Waals surface area contributed by atoms with Gasteiger partial charge in [0.2, 0.25) is 10.0 Å². The molecule has 2 aromatic carbocycles. The number of nitrogens with one attached hydrogen (secondary N) is 1. The van der Waals surface area contributed by atoms with Crippen molar-refractivity contribution in [2.45, 2.75) is 30.3 Å². The molecule has 1 heterocycles. The van der Waals surface area contributed by atoms with Gasteiger partial charge >= 0.3 is 0 Å². The maximum atomic E-state index is 12.5. The summed E-state index contributed by atoms with van der Waals surface area (Å²) < 4.78 is 27.7. The molecule has 0 aromatic heterocycles. The smallest absolute Gasteiger partial charge is 0.240 e. The average Bonchev–Trinajstić information content (AvgIpc) is 2.64. The molecule has 1 aliphatic heterocycles. The van der Waals surface area contributed by atoms with Crippen LogP contribution in [0.25, 0.3) is 0 Å². The van der Waals surface area contributed by atoms with Gasteiger partial charge in [-0.3, -0.25) is 4.90 Å². The van der Waals surface area contributed by atoms with Crippen LogP contribution in [0.4, 0.5) is 0 Å². The number of likely N-dealkylation sites (tertiary alicyclic amines) is 1. The predicted octanol–water partition coefficient (Wildman–Crippen LogP) is 2.92. The zero-order valence-electron chi connectivity index (χ0n) is 14.3. The van der Waals surface area contributed by atoms with E-state index in [4.69, 9.17) is 5.26 Å². The Kier molecular flexibility index (Phi) is 7.18. The second kappa shape index (κ2) is 9.15. The van der Waals surface area contributed by atoms with Crippen molar-refractivity contribution >= 4 is 22.4 Å². The summed E-state index contributed by atoms with van der Waals surface area (Å²) >= 11 is 0. The van der Waals surface area contributed by atoms with Crippen molar-refractivity contribution in [3.05, 3.63) is 65.7 Å². The van der Waals surface area contributed by atoms with Crippen LogP contribution >= 0.6 is 12.4 Å². The molecule has 0 radical (unpaired) electrons. The highest BCUT2D eigenvalue weighted by atomic mass is 35.5. The molecule has 0 spiro atoms. The van der Waals surface area contributed by atoms with E-state index in [9.17, 15) is 8.42 Å². The third kappa shape index (κ3) is 5.29. The molecule has 1 fully saturated rings. The van der Waals surface area contributed by atoms with Gasteiger partial charge in [0.15, 0.2) is 0 Å². The zero-order valence-corrected chi connectivity index (χ0v) is 16.0. The summed E-state index contributed by atoms with van der Waals surface area (Å²) in [5.41, 5.74) is 1.73. The predicted molar refractivity (Wildman–Crippen MR) is 103 cm³/mol. The Bertz CT molecular complexity index is 841. The second-order valence-electron chi connectivity index (χ2n) is 6.29. The van der Waals surface area contributed by atoms with Crippen LogP contribution in [-0.4, -0.2) is 32.4 Å². The Morgan fingerprint density at radius 2 is 1.65 bits per heavy atom. The van der Waals surface area contributed by atoms with Gasteiger partial charge in [-0.25, -0.2) is 13.1 Å². The number of hydrogen-bond acceptors (Lipinski definition) is 4. The van der Waals surface area contributed by atoms with Crippen LogP contribution in [0.15, 0.2) is 59.5 Å². The highest BCUT2D eigenvalue weighted by molar-refractivity contribution is 7.89. The van der Waals surface area contributed by atoms with Gasteiger partial charge in [0.1, 0.15) is 0 Å². The Morgan fingerprint density at radius 3 is 2.23 bits per heavy atom. The lowest BCUT2D eigenvalue weighted by molar-refractivity contribution is 0.200. The quantitative estimate of drug-likeness (QED) is 0.850. The summed E-state index contributed by atoms with van der Waals surface area (Å²) in [6.45, 7) is 2.64. The van der Waals surface area contributed by atoms with E-state index in [1.165, 1.54) is 29.8 Å². The van der Waals surface area contributed by atoms with Gasteiger partial charge in [0.05, 0.1) is 16.5 Å². The molecule has 0 saturated carbocycles. The molecule has 0 unspecified atom stereocenters. The third-order valence-electron chi connectivity index (χ3n) is 4.45. The lowest BCUT2D eigenvalue weighted by Gasteiger charge is -2.32. The maximum Gasteiger partial charge on any atom is 0.240 e. The first kappa shape index (κ1) is 20.4. The third-order valence-corrected chi connectivity index (χ3v) is 5.99. The van der Waals surface area contributed by atoms with Crippen molar-refractivity contribution in [3.63, 3.8) is 0 Å². The van der Waals surface area contributed by atoms with Crippen molar-refractivity contribution in [2.24, 2.45) is 0 Å². The summed E-state index contributed by atoms with van der Waals surface area (Å²) in [5, 5.41) is 8.80. The van der Waals surface area contributed by atoms with Crippen LogP contribution in [0, 0.1) is 11.3 Å². The number of halogens is 1. The van der Waals surface area contributed by atoms with Crippen LogP contribution in [0.1, 0.15) is 24.0 Å². The van der Waals surface area contributed by atoms with E-state index in [-0.39, 0.29) is 23.3 Å². The van der Waals surface area contributed by atoms with Gasteiger partial charge in [-0.1, -0.05) is 30.3 Å². The Hall–Kier alpha value is -1.91. The summed E-state index contributed by atoms with van der Waals surface area (Å²) in [6.07, 6.45) is 1.59. The maximum absolute atomic E-state index is 12.5. The summed E-state index contributed by atoms with van der Waals surface area (Å²) in [4.78, 5) is 2.56. The largest absolute Gasteiger partial charge is 0.299 e. The van der Waals surface area contributed by atoms with Crippen molar-refractivity contribution in [2.75, 3.05) is 13.1 Å². The molecule has 3 rings (SSSR count).